The van der Waals surface area contributed by atoms with Crippen LogP contribution in [0.3, 0.4) is 0 Å². The standard InChI is InChI=1S/C14H10N2O3S/c17-14-9-5-1-3-7-11(9)15-13-10-6-2-4-8-12(10)20(18,19)16(13)14/h1-8,13,15H/t13-/m1/s1. The van der Waals surface area contributed by atoms with Crippen LogP contribution in [0.5, 0.6) is 0 Å². The molecule has 0 aliphatic carbocycles. The molecule has 2 aliphatic heterocycles. The Labute approximate surface area is 115 Å². The highest BCUT2D eigenvalue weighted by atomic mass is 32.2. The summed E-state index contributed by atoms with van der Waals surface area (Å²) in [5.74, 6) is -0.486. The number of nitrogens with zero attached hydrogens (tertiary/aromatic N) is 1. The molecule has 0 unspecified atom stereocenters. The van der Waals surface area contributed by atoms with Gasteiger partial charge in [0.05, 0.1) is 10.5 Å². The van der Waals surface area contributed by atoms with Crippen molar-refractivity contribution in [3.8, 4) is 0 Å². The van der Waals surface area contributed by atoms with Crippen molar-refractivity contribution in [2.24, 2.45) is 0 Å². The number of carbonyl (C=O) groups is 1. The molecule has 0 fully saturated rings. The van der Waals surface area contributed by atoms with Crippen LogP contribution in [0.1, 0.15) is 22.1 Å². The molecule has 0 radical (unpaired) electrons. The monoisotopic (exact) mass is 286 g/mol. The van der Waals surface area contributed by atoms with Gasteiger partial charge in [0.2, 0.25) is 0 Å². The number of fused-ring (bicyclic) bond motifs is 4. The van der Waals surface area contributed by atoms with E-state index in [1.807, 2.05) is 6.07 Å². The molecule has 100 valence electrons. The Morgan fingerprint density at radius 2 is 1.70 bits per heavy atom. The summed E-state index contributed by atoms with van der Waals surface area (Å²) in [5, 5.41) is 3.13. The van der Waals surface area contributed by atoms with Gasteiger partial charge in [0.1, 0.15) is 6.17 Å². The van der Waals surface area contributed by atoms with Gasteiger partial charge in [0, 0.05) is 11.3 Å². The van der Waals surface area contributed by atoms with Gasteiger partial charge in [-0.3, -0.25) is 4.79 Å². The zero-order valence-corrected chi connectivity index (χ0v) is 11.1. The van der Waals surface area contributed by atoms with Crippen molar-refractivity contribution >= 4 is 21.6 Å². The van der Waals surface area contributed by atoms with Crippen LogP contribution in [0.2, 0.25) is 0 Å². The van der Waals surface area contributed by atoms with Gasteiger partial charge < -0.3 is 5.32 Å². The molecule has 4 rings (SSSR count). The Hall–Kier alpha value is -2.34. The molecule has 1 atom stereocenters. The van der Waals surface area contributed by atoms with Crippen molar-refractivity contribution < 1.29 is 13.2 Å². The number of nitrogens with one attached hydrogen (secondary N) is 1. The average Bonchev–Trinajstić information content (AvgIpc) is 2.69. The molecule has 5 nitrogen and oxygen atoms in total. The molecule has 6 heteroatoms. The quantitative estimate of drug-likeness (QED) is 0.804. The predicted molar refractivity (Wildman–Crippen MR) is 72.6 cm³/mol. The van der Waals surface area contributed by atoms with Crippen molar-refractivity contribution in [3.05, 3.63) is 59.7 Å². The van der Waals surface area contributed by atoms with Crippen LogP contribution in [-0.2, 0) is 10.0 Å². The summed E-state index contributed by atoms with van der Waals surface area (Å²) < 4.78 is 25.9. The van der Waals surface area contributed by atoms with E-state index in [1.165, 1.54) is 6.07 Å². The maximum atomic E-state index is 12.5. The first-order valence-electron chi connectivity index (χ1n) is 6.14. The smallest absolute Gasteiger partial charge is 0.271 e. The van der Waals surface area contributed by atoms with E-state index < -0.39 is 22.1 Å². The maximum Gasteiger partial charge on any atom is 0.271 e. The van der Waals surface area contributed by atoms with Crippen LogP contribution in [-0.4, -0.2) is 18.6 Å². The van der Waals surface area contributed by atoms with Crippen molar-refractivity contribution in [2.75, 3.05) is 5.32 Å². The zero-order valence-electron chi connectivity index (χ0n) is 10.3. The Kier molecular flexibility index (Phi) is 2.07. The molecular weight excluding hydrogens is 276 g/mol. The third-order valence-corrected chi connectivity index (χ3v) is 5.46. The van der Waals surface area contributed by atoms with Crippen LogP contribution in [0.25, 0.3) is 0 Å². The van der Waals surface area contributed by atoms with E-state index in [1.54, 1.807) is 36.4 Å². The Morgan fingerprint density at radius 3 is 2.55 bits per heavy atom. The summed E-state index contributed by atoms with van der Waals surface area (Å²) in [6.45, 7) is 0. The van der Waals surface area contributed by atoms with E-state index in [9.17, 15) is 13.2 Å². The second kappa shape index (κ2) is 3.61. The molecule has 1 amide bonds. The number of hydrogen-bond acceptors (Lipinski definition) is 4. The fraction of sp³-hybridized carbons (Fsp3) is 0.0714. The number of anilines is 1. The van der Waals surface area contributed by atoms with Gasteiger partial charge in [-0.1, -0.05) is 30.3 Å². The minimum Gasteiger partial charge on any atom is -0.360 e. The molecule has 2 aromatic carbocycles. The van der Waals surface area contributed by atoms with Gasteiger partial charge >= 0.3 is 0 Å². The molecule has 0 bridgehead atoms. The molecule has 2 aromatic rings. The van der Waals surface area contributed by atoms with E-state index in [2.05, 4.69) is 5.32 Å². The average molecular weight is 286 g/mol. The van der Waals surface area contributed by atoms with Gasteiger partial charge in [0.25, 0.3) is 15.9 Å². The van der Waals surface area contributed by atoms with Crippen LogP contribution >= 0.6 is 0 Å². The van der Waals surface area contributed by atoms with Crippen molar-refractivity contribution in [1.82, 2.24) is 4.31 Å². The fourth-order valence-corrected chi connectivity index (χ4v) is 4.44. The predicted octanol–water partition coefficient (Wildman–Crippen LogP) is 1.96. The summed E-state index contributed by atoms with van der Waals surface area (Å²) in [4.78, 5) is 12.7. The van der Waals surface area contributed by atoms with E-state index in [-0.39, 0.29) is 4.90 Å². The highest BCUT2D eigenvalue weighted by molar-refractivity contribution is 7.90. The molecule has 0 spiro atoms. The molecule has 0 aromatic heterocycles. The number of hydrogen-bond donors (Lipinski definition) is 1. The highest BCUT2D eigenvalue weighted by Gasteiger charge is 2.48. The Bertz CT molecular complexity index is 845. The number of rotatable bonds is 0. The largest absolute Gasteiger partial charge is 0.360 e. The summed E-state index contributed by atoms with van der Waals surface area (Å²) in [6.07, 6.45) is -0.654. The number of sulfonamides is 1. The number of benzene rings is 2. The van der Waals surface area contributed by atoms with E-state index >= 15 is 0 Å². The second-order valence-electron chi connectivity index (χ2n) is 4.74. The lowest BCUT2D eigenvalue weighted by molar-refractivity contribution is 0.0829. The topological polar surface area (TPSA) is 66.5 Å². The molecule has 2 aliphatic rings. The molecule has 0 saturated carbocycles. The van der Waals surface area contributed by atoms with Gasteiger partial charge in [-0.25, -0.2) is 12.7 Å². The summed E-state index contributed by atoms with van der Waals surface area (Å²) >= 11 is 0. The Morgan fingerprint density at radius 1 is 1.00 bits per heavy atom. The zero-order chi connectivity index (χ0) is 13.9. The fourth-order valence-electron chi connectivity index (χ4n) is 2.74. The maximum absolute atomic E-state index is 12.5. The Balaban J connectivity index is 2.00. The first kappa shape index (κ1) is 11.5. The summed E-state index contributed by atoms with van der Waals surface area (Å²) in [7, 11) is -3.78. The van der Waals surface area contributed by atoms with Crippen molar-refractivity contribution in [2.45, 2.75) is 11.1 Å². The lowest BCUT2D eigenvalue weighted by atomic mass is 10.1. The van der Waals surface area contributed by atoms with Crippen LogP contribution in [0.4, 0.5) is 5.69 Å². The second-order valence-corrected chi connectivity index (χ2v) is 6.52. The molecule has 1 N–H and O–H groups in total. The molecule has 0 saturated heterocycles. The van der Waals surface area contributed by atoms with E-state index in [0.29, 0.717) is 16.8 Å². The van der Waals surface area contributed by atoms with Crippen LogP contribution in [0, 0.1) is 0 Å². The third kappa shape index (κ3) is 1.26. The van der Waals surface area contributed by atoms with Gasteiger partial charge in [-0.15, -0.1) is 0 Å². The molecule has 20 heavy (non-hydrogen) atoms. The summed E-state index contributed by atoms with van der Waals surface area (Å²) in [5.41, 5.74) is 1.64. The van der Waals surface area contributed by atoms with E-state index in [0.717, 1.165) is 4.31 Å². The van der Waals surface area contributed by atoms with Gasteiger partial charge in [0.15, 0.2) is 0 Å². The number of para-hydroxylation sites is 1. The third-order valence-electron chi connectivity index (χ3n) is 3.63. The molecule has 2 heterocycles. The lowest BCUT2D eigenvalue weighted by Gasteiger charge is -2.31. The molecular formula is C14H10N2O3S. The van der Waals surface area contributed by atoms with Crippen LogP contribution < -0.4 is 5.32 Å². The van der Waals surface area contributed by atoms with Gasteiger partial charge in [-0.05, 0) is 18.2 Å². The SMILES string of the molecule is O=C1c2ccccc2N[C@H]2c3ccccc3S(=O)(=O)N12. The number of carbonyl (C=O) groups excluding carboxylic acids is 1. The lowest BCUT2D eigenvalue weighted by Crippen LogP contribution is -2.41. The normalized spacial score (nSPS) is 21.7. The van der Waals surface area contributed by atoms with Crippen molar-refractivity contribution in [3.63, 3.8) is 0 Å². The summed E-state index contributed by atoms with van der Waals surface area (Å²) in [6, 6.07) is 13.6. The first-order chi connectivity index (χ1) is 9.60. The van der Waals surface area contributed by atoms with Gasteiger partial charge in [-0.2, -0.15) is 0 Å². The first-order valence-corrected chi connectivity index (χ1v) is 7.58. The van der Waals surface area contributed by atoms with Crippen LogP contribution in [0.15, 0.2) is 53.4 Å². The minimum absolute atomic E-state index is 0.193. The highest BCUT2D eigenvalue weighted by Crippen LogP contribution is 2.44. The minimum atomic E-state index is -3.78. The van der Waals surface area contributed by atoms with E-state index in [4.69, 9.17) is 0 Å². The number of amides is 1. The van der Waals surface area contributed by atoms with Crippen molar-refractivity contribution in [1.29, 1.82) is 0 Å².